The van der Waals surface area contributed by atoms with Gasteiger partial charge in [0.2, 0.25) is 21.8 Å². The molecule has 0 spiro atoms. The van der Waals surface area contributed by atoms with Crippen molar-refractivity contribution >= 4 is 33.0 Å². The quantitative estimate of drug-likeness (QED) is 0.583. The fourth-order valence-corrected chi connectivity index (χ4v) is 6.72. The van der Waals surface area contributed by atoms with E-state index in [0.717, 1.165) is 17.4 Å². The Morgan fingerprint density at radius 3 is 2.85 bits per heavy atom. The lowest BCUT2D eigenvalue weighted by Gasteiger charge is -2.23. The summed E-state index contributed by atoms with van der Waals surface area (Å²) in [6.07, 6.45) is 1.16. The highest BCUT2D eigenvalue weighted by atomic mass is 32.2. The Balaban J connectivity index is 1.36. The van der Waals surface area contributed by atoms with Crippen LogP contribution >= 0.6 is 11.3 Å². The van der Waals surface area contributed by atoms with Gasteiger partial charge >= 0.3 is 0 Å². The highest BCUT2D eigenvalue weighted by Gasteiger charge is 2.39. The first kappa shape index (κ1) is 21.7. The van der Waals surface area contributed by atoms with E-state index in [1.165, 1.54) is 16.4 Å². The number of hydrogen-bond acceptors (Lipinski definition) is 8. The zero-order valence-corrected chi connectivity index (χ0v) is 19.1. The van der Waals surface area contributed by atoms with Crippen molar-refractivity contribution < 1.29 is 27.1 Å². The van der Waals surface area contributed by atoms with Crippen molar-refractivity contribution in [3.05, 3.63) is 57.8 Å². The van der Waals surface area contributed by atoms with Gasteiger partial charge in [-0.05, 0) is 49.6 Å². The number of fused-ring (bicyclic) bond motifs is 1. The number of nitrogens with one attached hydrogen (secondary N) is 1. The number of sulfonamides is 1. The van der Waals surface area contributed by atoms with Crippen molar-refractivity contribution in [1.82, 2.24) is 14.5 Å². The van der Waals surface area contributed by atoms with Gasteiger partial charge in [-0.25, -0.2) is 12.8 Å². The van der Waals surface area contributed by atoms with Crippen LogP contribution in [0, 0.1) is 12.7 Å². The zero-order chi connectivity index (χ0) is 23.2. The number of benzene rings is 2. The molecule has 3 heterocycles. The van der Waals surface area contributed by atoms with Crippen molar-refractivity contribution in [2.75, 3.05) is 18.7 Å². The summed E-state index contributed by atoms with van der Waals surface area (Å²) >= 11 is 1.03. The molecule has 172 valence electrons. The Hall–Kier alpha value is -3.09. The summed E-state index contributed by atoms with van der Waals surface area (Å²) in [4.78, 5) is 12.6. The molecule has 3 aromatic rings. The number of rotatable bonds is 5. The van der Waals surface area contributed by atoms with Crippen molar-refractivity contribution in [3.8, 4) is 11.5 Å². The van der Waals surface area contributed by atoms with E-state index in [4.69, 9.17) is 9.47 Å². The van der Waals surface area contributed by atoms with Crippen LogP contribution in [0.4, 0.5) is 10.1 Å². The lowest BCUT2D eigenvalue weighted by atomic mass is 10.2. The van der Waals surface area contributed by atoms with Crippen molar-refractivity contribution in [2.45, 2.75) is 30.7 Å². The first-order chi connectivity index (χ1) is 15.8. The molecule has 5 rings (SSSR count). The molecule has 0 aliphatic carbocycles. The molecule has 0 bridgehead atoms. The monoisotopic (exact) mass is 490 g/mol. The minimum atomic E-state index is -3.95. The van der Waals surface area contributed by atoms with Gasteiger partial charge in [-0.3, -0.25) is 4.79 Å². The molecule has 2 aliphatic heterocycles. The number of aryl methyl sites for hydroxylation is 1. The van der Waals surface area contributed by atoms with Gasteiger partial charge in [0.15, 0.2) is 11.5 Å². The topological polar surface area (TPSA) is 111 Å². The maximum Gasteiger partial charge on any atom is 0.286 e. The van der Waals surface area contributed by atoms with Gasteiger partial charge in [0.05, 0.1) is 10.9 Å². The molecule has 9 nitrogen and oxygen atoms in total. The third kappa shape index (κ3) is 4.05. The van der Waals surface area contributed by atoms with E-state index in [2.05, 4.69) is 15.5 Å². The van der Waals surface area contributed by atoms with E-state index in [1.54, 1.807) is 25.1 Å². The molecule has 2 aliphatic rings. The number of carbonyl (C=O) groups excluding carboxylic acids is 1. The smallest absolute Gasteiger partial charge is 0.286 e. The van der Waals surface area contributed by atoms with Crippen LogP contribution in [0.3, 0.4) is 0 Å². The Labute approximate surface area is 193 Å². The van der Waals surface area contributed by atoms with E-state index in [0.29, 0.717) is 40.6 Å². The van der Waals surface area contributed by atoms with Crippen LogP contribution in [0.2, 0.25) is 0 Å². The summed E-state index contributed by atoms with van der Waals surface area (Å²) in [7, 11) is -3.95. The standard InChI is InChI=1S/C21H19FN4O5S2/c1-12-4-5-13(22)9-18(12)33(28,29)26-8-2-3-15(26)20-24-25-21(32-20)19(27)23-14-6-7-16-17(10-14)31-11-30-16/h4-7,9-10,15H,2-3,8,11H2,1H3,(H,23,27). The first-order valence-electron chi connectivity index (χ1n) is 10.2. The molecule has 33 heavy (non-hydrogen) atoms. The van der Waals surface area contributed by atoms with Crippen molar-refractivity contribution in [2.24, 2.45) is 0 Å². The number of halogens is 1. The van der Waals surface area contributed by atoms with Crippen LogP contribution in [0.15, 0.2) is 41.3 Å². The Bertz CT molecular complexity index is 1340. The molecule has 2 aromatic carbocycles. The van der Waals surface area contributed by atoms with Gasteiger partial charge in [0, 0.05) is 18.3 Å². The molecule has 1 amide bonds. The molecule has 1 fully saturated rings. The maximum absolute atomic E-state index is 13.8. The first-order valence-corrected chi connectivity index (χ1v) is 12.4. The van der Waals surface area contributed by atoms with E-state index < -0.39 is 27.8 Å². The van der Waals surface area contributed by atoms with E-state index in [9.17, 15) is 17.6 Å². The predicted molar refractivity (Wildman–Crippen MR) is 117 cm³/mol. The molecule has 1 unspecified atom stereocenters. The number of hydrogen-bond donors (Lipinski definition) is 1. The third-order valence-electron chi connectivity index (χ3n) is 5.49. The van der Waals surface area contributed by atoms with Gasteiger partial charge in [-0.1, -0.05) is 17.4 Å². The number of nitrogens with zero attached hydrogens (tertiary/aromatic N) is 3. The molecule has 1 aromatic heterocycles. The van der Waals surface area contributed by atoms with E-state index in [1.807, 2.05) is 0 Å². The molecule has 0 radical (unpaired) electrons. The molecule has 0 saturated carbocycles. The second-order valence-electron chi connectivity index (χ2n) is 7.65. The fourth-order valence-electron chi connectivity index (χ4n) is 3.87. The lowest BCUT2D eigenvalue weighted by Crippen LogP contribution is -2.31. The minimum absolute atomic E-state index is 0.0697. The lowest BCUT2D eigenvalue weighted by molar-refractivity contribution is 0.102. The number of ether oxygens (including phenoxy) is 2. The number of aromatic nitrogens is 2. The summed E-state index contributed by atoms with van der Waals surface area (Å²) in [5.41, 5.74) is 0.968. The summed E-state index contributed by atoms with van der Waals surface area (Å²) in [5, 5.41) is 11.3. The fraction of sp³-hybridized carbons (Fsp3) is 0.286. The summed E-state index contributed by atoms with van der Waals surface area (Å²) in [6, 6.07) is 8.16. The normalized spacial score (nSPS) is 17.9. The Kier molecular flexibility index (Phi) is 5.51. The molecule has 1 N–H and O–H groups in total. The van der Waals surface area contributed by atoms with E-state index in [-0.39, 0.29) is 23.2 Å². The van der Waals surface area contributed by atoms with Crippen molar-refractivity contribution in [3.63, 3.8) is 0 Å². The van der Waals surface area contributed by atoms with E-state index >= 15 is 0 Å². The SMILES string of the molecule is Cc1ccc(F)cc1S(=O)(=O)N1CCCC1c1nnc(C(=O)Nc2ccc3c(c2)OCO3)s1. The number of anilines is 1. The molecule has 1 atom stereocenters. The summed E-state index contributed by atoms with van der Waals surface area (Å²) in [5.74, 6) is 0.0479. The van der Waals surface area contributed by atoms with Crippen LogP contribution in [0.5, 0.6) is 11.5 Å². The second kappa shape index (κ2) is 8.36. The van der Waals surface area contributed by atoms with Crippen LogP contribution in [0.1, 0.15) is 39.3 Å². The highest BCUT2D eigenvalue weighted by molar-refractivity contribution is 7.89. The Morgan fingerprint density at radius 2 is 2.00 bits per heavy atom. The largest absolute Gasteiger partial charge is 0.454 e. The van der Waals surface area contributed by atoms with Gasteiger partial charge in [-0.2, -0.15) is 4.31 Å². The van der Waals surface area contributed by atoms with Gasteiger partial charge < -0.3 is 14.8 Å². The summed E-state index contributed by atoms with van der Waals surface area (Å²) < 4.78 is 52.2. The summed E-state index contributed by atoms with van der Waals surface area (Å²) in [6.45, 7) is 2.03. The van der Waals surface area contributed by atoms with Gasteiger partial charge in [0.25, 0.3) is 5.91 Å². The van der Waals surface area contributed by atoms with Gasteiger partial charge in [-0.15, -0.1) is 10.2 Å². The molecule has 1 saturated heterocycles. The average molecular weight is 491 g/mol. The third-order valence-corrected chi connectivity index (χ3v) is 8.56. The second-order valence-corrected chi connectivity index (χ2v) is 10.5. The molecule has 12 heteroatoms. The van der Waals surface area contributed by atoms with Crippen molar-refractivity contribution in [1.29, 1.82) is 0 Å². The number of carbonyl (C=O) groups is 1. The minimum Gasteiger partial charge on any atom is -0.454 e. The van der Waals surface area contributed by atoms with Gasteiger partial charge in [0.1, 0.15) is 10.8 Å². The van der Waals surface area contributed by atoms with Crippen LogP contribution < -0.4 is 14.8 Å². The molecular weight excluding hydrogens is 471 g/mol. The predicted octanol–water partition coefficient (Wildman–Crippen LogP) is 3.49. The maximum atomic E-state index is 13.8. The highest BCUT2D eigenvalue weighted by Crippen LogP contribution is 2.39. The Morgan fingerprint density at radius 1 is 1.18 bits per heavy atom. The average Bonchev–Trinajstić information content (AvgIpc) is 3.54. The van der Waals surface area contributed by atoms with Crippen LogP contribution in [-0.4, -0.2) is 42.2 Å². The number of amides is 1. The zero-order valence-electron chi connectivity index (χ0n) is 17.4. The van der Waals surface area contributed by atoms with Crippen LogP contribution in [0.25, 0.3) is 0 Å². The van der Waals surface area contributed by atoms with Crippen LogP contribution in [-0.2, 0) is 10.0 Å². The molecular formula is C21H19FN4O5S2.